The van der Waals surface area contributed by atoms with E-state index in [2.05, 4.69) is 0 Å². The van der Waals surface area contributed by atoms with Crippen molar-refractivity contribution in [3.8, 4) is 0 Å². The minimum absolute atomic E-state index is 0.141. The summed E-state index contributed by atoms with van der Waals surface area (Å²) in [6.45, 7) is 0. The van der Waals surface area contributed by atoms with E-state index in [4.69, 9.17) is 10.2 Å². The second kappa shape index (κ2) is 4.07. The Morgan fingerprint density at radius 2 is 1.54 bits per heavy atom. The smallest absolute Gasteiger partial charge is 0.342 e. The summed E-state index contributed by atoms with van der Waals surface area (Å²) >= 11 is 0. The van der Waals surface area contributed by atoms with E-state index in [0.717, 1.165) is 25.7 Å². The predicted octanol–water partition coefficient (Wildman–Crippen LogP) is 1.27. The first-order chi connectivity index (χ1) is 6.11. The molecule has 2 N–H and O–H groups in total. The van der Waals surface area contributed by atoms with Gasteiger partial charge < -0.3 is 10.2 Å². The molecule has 13 heavy (non-hydrogen) atoms. The zero-order valence-electron chi connectivity index (χ0n) is 7.19. The van der Waals surface area contributed by atoms with E-state index in [1.54, 1.807) is 0 Å². The maximum atomic E-state index is 10.5. The molecule has 0 aromatic heterocycles. The molecule has 0 heterocycles. The first kappa shape index (κ1) is 9.77. The first-order valence-corrected chi connectivity index (χ1v) is 4.29. The minimum atomic E-state index is -1.35. The van der Waals surface area contributed by atoms with Gasteiger partial charge in [-0.25, -0.2) is 9.59 Å². The molecule has 1 saturated carbocycles. The van der Waals surface area contributed by atoms with Gasteiger partial charge in [-0.15, -0.1) is 0 Å². The van der Waals surface area contributed by atoms with Gasteiger partial charge in [0, 0.05) is 0 Å². The van der Waals surface area contributed by atoms with Crippen LogP contribution in [0.2, 0.25) is 0 Å². The maximum Gasteiger partial charge on any atom is 0.342 e. The van der Waals surface area contributed by atoms with Gasteiger partial charge >= 0.3 is 11.9 Å². The van der Waals surface area contributed by atoms with Crippen LogP contribution in [0, 0.1) is 5.92 Å². The van der Waals surface area contributed by atoms with Gasteiger partial charge in [0.05, 0.1) is 0 Å². The van der Waals surface area contributed by atoms with E-state index in [0.29, 0.717) is 0 Å². The zero-order chi connectivity index (χ0) is 9.84. The molecule has 0 saturated heterocycles. The van der Waals surface area contributed by atoms with E-state index >= 15 is 0 Å². The van der Waals surface area contributed by atoms with E-state index in [9.17, 15) is 9.59 Å². The first-order valence-electron chi connectivity index (χ1n) is 4.29. The third kappa shape index (κ3) is 2.57. The van der Waals surface area contributed by atoms with Gasteiger partial charge in [-0.3, -0.25) is 0 Å². The van der Waals surface area contributed by atoms with Crippen molar-refractivity contribution in [1.82, 2.24) is 0 Å². The van der Waals surface area contributed by atoms with Crippen LogP contribution in [0.15, 0.2) is 11.6 Å². The lowest BCUT2D eigenvalue weighted by Crippen LogP contribution is -2.12. The quantitative estimate of drug-likeness (QED) is 0.393. The number of carbonyl (C=O) groups is 2. The lowest BCUT2D eigenvalue weighted by Gasteiger charge is -2.02. The molecule has 4 nitrogen and oxygen atoms in total. The Morgan fingerprint density at radius 3 is 1.92 bits per heavy atom. The molecule has 0 atom stereocenters. The van der Waals surface area contributed by atoms with Gasteiger partial charge in [0.1, 0.15) is 5.57 Å². The van der Waals surface area contributed by atoms with Crippen LogP contribution in [0.5, 0.6) is 0 Å². The highest BCUT2D eigenvalue weighted by Crippen LogP contribution is 2.26. The number of carboxylic acids is 2. The summed E-state index contributed by atoms with van der Waals surface area (Å²) in [7, 11) is 0. The molecule has 0 aromatic carbocycles. The number of rotatable bonds is 3. The summed E-state index contributed by atoms with van der Waals surface area (Å²) in [6.07, 6.45) is 5.31. The predicted molar refractivity (Wildman–Crippen MR) is 45.3 cm³/mol. The van der Waals surface area contributed by atoms with Crippen molar-refractivity contribution in [2.75, 3.05) is 0 Å². The Bertz CT molecular complexity index is 232. The van der Waals surface area contributed by atoms with Crippen LogP contribution in [-0.2, 0) is 9.59 Å². The molecule has 0 aromatic rings. The molecular weight excluding hydrogens is 172 g/mol. The molecule has 1 aliphatic carbocycles. The largest absolute Gasteiger partial charge is 0.477 e. The molecule has 0 amide bonds. The number of allylic oxidation sites excluding steroid dienone is 1. The van der Waals surface area contributed by atoms with Crippen molar-refractivity contribution in [2.24, 2.45) is 5.92 Å². The van der Waals surface area contributed by atoms with Crippen LogP contribution < -0.4 is 0 Å². The molecular formula is C9H12O4. The summed E-state index contributed by atoms with van der Waals surface area (Å²) in [5, 5.41) is 17.1. The van der Waals surface area contributed by atoms with Gasteiger partial charge in [0.25, 0.3) is 0 Å². The maximum absolute atomic E-state index is 10.5. The molecule has 0 radical (unpaired) electrons. The molecule has 1 fully saturated rings. The highest BCUT2D eigenvalue weighted by molar-refractivity contribution is 6.12. The summed E-state index contributed by atoms with van der Waals surface area (Å²) in [5.41, 5.74) is -0.494. The van der Waals surface area contributed by atoms with E-state index in [-0.39, 0.29) is 5.92 Å². The fraction of sp³-hybridized carbons (Fsp3) is 0.556. The Kier molecular flexibility index (Phi) is 3.06. The normalized spacial score (nSPS) is 16.9. The zero-order valence-corrected chi connectivity index (χ0v) is 7.19. The molecule has 0 spiro atoms. The summed E-state index contributed by atoms with van der Waals surface area (Å²) in [4.78, 5) is 21.0. The fourth-order valence-electron chi connectivity index (χ4n) is 1.59. The molecule has 0 bridgehead atoms. The molecule has 1 aliphatic rings. The third-order valence-electron chi connectivity index (χ3n) is 2.26. The van der Waals surface area contributed by atoms with Gasteiger partial charge in [-0.2, -0.15) is 0 Å². The van der Waals surface area contributed by atoms with Crippen molar-refractivity contribution in [2.45, 2.75) is 25.7 Å². The Balaban J connectivity index is 2.73. The Hall–Kier alpha value is -1.32. The molecule has 0 unspecified atom stereocenters. The number of aliphatic carboxylic acids is 2. The van der Waals surface area contributed by atoms with Crippen LogP contribution in [0.1, 0.15) is 25.7 Å². The Morgan fingerprint density at radius 1 is 1.08 bits per heavy atom. The van der Waals surface area contributed by atoms with Crippen LogP contribution in [0.3, 0.4) is 0 Å². The van der Waals surface area contributed by atoms with Crippen molar-refractivity contribution in [3.63, 3.8) is 0 Å². The highest BCUT2D eigenvalue weighted by Gasteiger charge is 2.20. The van der Waals surface area contributed by atoms with Crippen molar-refractivity contribution >= 4 is 11.9 Å². The van der Waals surface area contributed by atoms with Crippen molar-refractivity contribution in [1.29, 1.82) is 0 Å². The van der Waals surface area contributed by atoms with Gasteiger partial charge in [0.15, 0.2) is 0 Å². The average molecular weight is 184 g/mol. The summed E-state index contributed by atoms with van der Waals surface area (Å²) in [5.74, 6) is -2.55. The number of carboxylic acid groups (broad SMARTS) is 2. The summed E-state index contributed by atoms with van der Waals surface area (Å²) in [6, 6.07) is 0. The minimum Gasteiger partial charge on any atom is -0.477 e. The highest BCUT2D eigenvalue weighted by atomic mass is 16.4. The van der Waals surface area contributed by atoms with Crippen LogP contribution >= 0.6 is 0 Å². The Labute approximate surface area is 75.9 Å². The fourth-order valence-corrected chi connectivity index (χ4v) is 1.59. The third-order valence-corrected chi connectivity index (χ3v) is 2.26. The van der Waals surface area contributed by atoms with Gasteiger partial charge in [-0.1, -0.05) is 18.9 Å². The van der Waals surface area contributed by atoms with Gasteiger partial charge in [-0.05, 0) is 18.8 Å². The number of hydrogen-bond donors (Lipinski definition) is 2. The van der Waals surface area contributed by atoms with Crippen LogP contribution in [-0.4, -0.2) is 22.2 Å². The lowest BCUT2D eigenvalue weighted by molar-refractivity contribution is -0.140. The van der Waals surface area contributed by atoms with Gasteiger partial charge in [0.2, 0.25) is 0 Å². The molecule has 0 aliphatic heterocycles. The molecule has 4 heteroatoms. The molecule has 1 rings (SSSR count). The van der Waals surface area contributed by atoms with E-state index < -0.39 is 17.5 Å². The second-order valence-corrected chi connectivity index (χ2v) is 3.24. The van der Waals surface area contributed by atoms with Crippen molar-refractivity contribution in [3.05, 3.63) is 11.6 Å². The standard InChI is InChI=1S/C9H12O4/c10-8(11)7(9(12)13)5-6-3-1-2-4-6/h5-6H,1-4H2,(H,10,11)(H,12,13). The second-order valence-electron chi connectivity index (χ2n) is 3.24. The summed E-state index contributed by atoms with van der Waals surface area (Å²) < 4.78 is 0. The van der Waals surface area contributed by atoms with Crippen LogP contribution in [0.25, 0.3) is 0 Å². The lowest BCUT2D eigenvalue weighted by atomic mass is 10.0. The molecule has 72 valence electrons. The van der Waals surface area contributed by atoms with E-state index in [1.165, 1.54) is 6.08 Å². The van der Waals surface area contributed by atoms with E-state index in [1.807, 2.05) is 0 Å². The SMILES string of the molecule is O=C(O)C(=CC1CCCC1)C(=O)O. The number of hydrogen-bond acceptors (Lipinski definition) is 2. The monoisotopic (exact) mass is 184 g/mol. The van der Waals surface area contributed by atoms with Crippen LogP contribution in [0.4, 0.5) is 0 Å². The van der Waals surface area contributed by atoms with Crippen molar-refractivity contribution < 1.29 is 19.8 Å². The topological polar surface area (TPSA) is 74.6 Å². The average Bonchev–Trinajstić information content (AvgIpc) is 2.50.